The van der Waals surface area contributed by atoms with Crippen molar-refractivity contribution in [2.24, 2.45) is 5.92 Å². The smallest absolute Gasteiger partial charge is 0.165 e. The van der Waals surface area contributed by atoms with Gasteiger partial charge in [0.05, 0.1) is 18.1 Å². The highest BCUT2D eigenvalue weighted by Crippen LogP contribution is 2.34. The highest BCUT2D eigenvalue weighted by atomic mass is 16.5. The first-order chi connectivity index (χ1) is 8.29. The van der Waals surface area contributed by atoms with Crippen LogP contribution in [0.5, 0.6) is 0 Å². The van der Waals surface area contributed by atoms with Crippen LogP contribution in [-0.2, 0) is 14.3 Å². The Morgan fingerprint density at radius 2 is 2.17 bits per heavy atom. The topological polar surface area (TPSA) is 43.4 Å². The van der Waals surface area contributed by atoms with Gasteiger partial charge in [-0.2, -0.15) is 0 Å². The molecule has 0 bridgehead atoms. The zero-order valence-electron chi connectivity index (χ0n) is 11.5. The van der Waals surface area contributed by atoms with Crippen LogP contribution in [0.25, 0.3) is 0 Å². The van der Waals surface area contributed by atoms with Crippen molar-refractivity contribution < 1.29 is 14.3 Å². The molecule has 1 saturated heterocycles. The van der Waals surface area contributed by atoms with Crippen LogP contribution in [0.15, 0.2) is 24.8 Å². The quantitative estimate of drug-likeness (QED) is 0.413. The summed E-state index contributed by atoms with van der Waals surface area (Å²) >= 11 is 0. The number of allylic oxidation sites excluding steroid dienone is 1. The molecule has 0 spiro atoms. The van der Waals surface area contributed by atoms with E-state index in [1.165, 1.54) is 0 Å². The van der Waals surface area contributed by atoms with Crippen molar-refractivity contribution in [3.63, 3.8) is 0 Å². The first-order valence-electron chi connectivity index (χ1n) is 6.32. The van der Waals surface area contributed by atoms with Crippen LogP contribution < -0.4 is 0 Å². The van der Waals surface area contributed by atoms with Crippen molar-refractivity contribution >= 4 is 11.6 Å². The summed E-state index contributed by atoms with van der Waals surface area (Å²) in [5, 5.41) is 0. The average molecular weight is 250 g/mol. The Morgan fingerprint density at radius 1 is 1.56 bits per heavy atom. The second-order valence-corrected chi connectivity index (χ2v) is 5.35. The van der Waals surface area contributed by atoms with Gasteiger partial charge < -0.3 is 4.74 Å². The molecule has 0 aromatic rings. The number of Topliss-reactive ketones (excluding diaryl/α,β-unsaturated/α-hetero) is 2. The number of carbonyl (C=O) groups is 2. The van der Waals surface area contributed by atoms with Crippen molar-refractivity contribution in [2.75, 3.05) is 0 Å². The Labute approximate surface area is 109 Å². The van der Waals surface area contributed by atoms with E-state index in [0.29, 0.717) is 5.57 Å². The molecule has 100 valence electrons. The standard InChI is InChI=1S/C15H22O3/c1-6-15(5)8-7-14(18-15)11(4)13(17)9-12(16)10(2)3/h6,11,14H,1-2,7-9H2,3-5H3/t11-,14+,15+/m1/s1. The van der Waals surface area contributed by atoms with Crippen LogP contribution in [0.3, 0.4) is 0 Å². The molecule has 0 radical (unpaired) electrons. The van der Waals surface area contributed by atoms with Crippen molar-refractivity contribution in [1.82, 2.24) is 0 Å². The SMILES string of the molecule is C=C[C@@]1(C)CC[C@@H]([C@H](C)C(=O)CC(=O)C(=C)C)O1. The summed E-state index contributed by atoms with van der Waals surface area (Å²) in [5.74, 6) is -0.507. The number of ether oxygens (including phenoxy) is 1. The Morgan fingerprint density at radius 3 is 2.61 bits per heavy atom. The van der Waals surface area contributed by atoms with Gasteiger partial charge in [-0.1, -0.05) is 19.6 Å². The molecule has 0 aliphatic carbocycles. The fourth-order valence-electron chi connectivity index (χ4n) is 2.07. The summed E-state index contributed by atoms with van der Waals surface area (Å²) in [6, 6.07) is 0. The minimum absolute atomic E-state index is 0.0682. The monoisotopic (exact) mass is 250 g/mol. The van der Waals surface area contributed by atoms with E-state index in [-0.39, 0.29) is 35.6 Å². The average Bonchev–Trinajstić information content (AvgIpc) is 2.71. The number of hydrogen-bond acceptors (Lipinski definition) is 3. The molecule has 18 heavy (non-hydrogen) atoms. The fraction of sp³-hybridized carbons (Fsp3) is 0.600. The second-order valence-electron chi connectivity index (χ2n) is 5.35. The lowest BCUT2D eigenvalue weighted by Crippen LogP contribution is -2.30. The molecule has 1 rings (SSSR count). The van der Waals surface area contributed by atoms with Crippen molar-refractivity contribution in [1.29, 1.82) is 0 Å². The van der Waals surface area contributed by atoms with Gasteiger partial charge in [0.25, 0.3) is 0 Å². The van der Waals surface area contributed by atoms with Gasteiger partial charge in [-0.3, -0.25) is 9.59 Å². The molecule has 0 saturated carbocycles. The first-order valence-corrected chi connectivity index (χ1v) is 6.32. The Balaban J connectivity index is 2.58. The van der Waals surface area contributed by atoms with E-state index in [9.17, 15) is 9.59 Å². The fourth-order valence-corrected chi connectivity index (χ4v) is 2.07. The third kappa shape index (κ3) is 3.39. The van der Waals surface area contributed by atoms with Gasteiger partial charge in [-0.25, -0.2) is 0 Å². The molecule has 1 aliphatic heterocycles. The van der Waals surface area contributed by atoms with Crippen LogP contribution in [0.1, 0.15) is 40.0 Å². The molecule has 0 N–H and O–H groups in total. The number of carbonyl (C=O) groups excluding carboxylic acids is 2. The van der Waals surface area contributed by atoms with Crippen LogP contribution >= 0.6 is 0 Å². The maximum Gasteiger partial charge on any atom is 0.165 e. The second kappa shape index (κ2) is 5.61. The van der Waals surface area contributed by atoms with Crippen LogP contribution in [0.4, 0.5) is 0 Å². The van der Waals surface area contributed by atoms with Gasteiger partial charge >= 0.3 is 0 Å². The maximum absolute atomic E-state index is 12.0. The number of ketones is 2. The molecule has 3 atom stereocenters. The Kier molecular flexibility index (Phi) is 4.63. The van der Waals surface area contributed by atoms with E-state index in [0.717, 1.165) is 12.8 Å². The zero-order chi connectivity index (χ0) is 13.9. The van der Waals surface area contributed by atoms with Crippen LogP contribution in [0.2, 0.25) is 0 Å². The van der Waals surface area contributed by atoms with Crippen LogP contribution in [0, 0.1) is 5.92 Å². The molecule has 1 fully saturated rings. The zero-order valence-corrected chi connectivity index (χ0v) is 11.5. The molecular formula is C15H22O3. The highest BCUT2D eigenvalue weighted by molar-refractivity contribution is 6.07. The molecule has 0 unspecified atom stereocenters. The normalized spacial score (nSPS) is 28.7. The summed E-state index contributed by atoms with van der Waals surface area (Å²) in [6.07, 6.45) is 3.30. The summed E-state index contributed by atoms with van der Waals surface area (Å²) in [7, 11) is 0. The minimum atomic E-state index is -0.336. The Hall–Kier alpha value is -1.22. The molecular weight excluding hydrogens is 228 g/mol. The van der Waals surface area contributed by atoms with Gasteiger partial charge in [0.1, 0.15) is 5.78 Å². The predicted molar refractivity (Wildman–Crippen MR) is 71.3 cm³/mol. The molecule has 3 heteroatoms. The van der Waals surface area contributed by atoms with Crippen molar-refractivity contribution in [3.05, 3.63) is 24.8 Å². The lowest BCUT2D eigenvalue weighted by atomic mass is 9.92. The maximum atomic E-state index is 12.0. The molecule has 3 nitrogen and oxygen atoms in total. The third-order valence-corrected chi connectivity index (χ3v) is 3.65. The van der Waals surface area contributed by atoms with E-state index < -0.39 is 0 Å². The summed E-state index contributed by atoms with van der Waals surface area (Å²) in [4.78, 5) is 23.5. The molecule has 0 aromatic carbocycles. The summed E-state index contributed by atoms with van der Waals surface area (Å²) in [5.41, 5.74) is 0.0937. The van der Waals surface area contributed by atoms with E-state index in [4.69, 9.17) is 4.74 Å². The van der Waals surface area contributed by atoms with E-state index in [1.54, 1.807) is 13.0 Å². The van der Waals surface area contributed by atoms with E-state index in [1.807, 2.05) is 13.8 Å². The predicted octanol–water partition coefficient (Wildman–Crippen LogP) is 2.85. The molecule has 1 aliphatic rings. The largest absolute Gasteiger partial charge is 0.367 e. The first kappa shape index (κ1) is 14.8. The Bertz CT molecular complexity index is 383. The van der Waals surface area contributed by atoms with Gasteiger partial charge in [-0.05, 0) is 32.3 Å². The summed E-state index contributed by atoms with van der Waals surface area (Å²) in [6.45, 7) is 12.7. The van der Waals surface area contributed by atoms with Crippen molar-refractivity contribution in [2.45, 2.75) is 51.7 Å². The lowest BCUT2D eigenvalue weighted by molar-refractivity contribution is -0.131. The van der Waals surface area contributed by atoms with Crippen LogP contribution in [-0.4, -0.2) is 23.3 Å². The van der Waals surface area contributed by atoms with Gasteiger partial charge in [0.2, 0.25) is 0 Å². The minimum Gasteiger partial charge on any atom is -0.367 e. The van der Waals surface area contributed by atoms with E-state index >= 15 is 0 Å². The van der Waals surface area contributed by atoms with Gasteiger partial charge in [-0.15, -0.1) is 6.58 Å². The third-order valence-electron chi connectivity index (χ3n) is 3.65. The highest BCUT2D eigenvalue weighted by Gasteiger charge is 2.38. The van der Waals surface area contributed by atoms with E-state index in [2.05, 4.69) is 13.2 Å². The van der Waals surface area contributed by atoms with Gasteiger partial charge in [0.15, 0.2) is 5.78 Å². The molecule has 1 heterocycles. The lowest BCUT2D eigenvalue weighted by Gasteiger charge is -2.23. The number of rotatable bonds is 6. The molecule has 0 aromatic heterocycles. The summed E-state index contributed by atoms with van der Waals surface area (Å²) < 4.78 is 5.85. The van der Waals surface area contributed by atoms with Crippen molar-refractivity contribution in [3.8, 4) is 0 Å². The number of hydrogen-bond donors (Lipinski definition) is 0. The van der Waals surface area contributed by atoms with Gasteiger partial charge in [0, 0.05) is 5.92 Å². The molecule has 0 amide bonds.